The Morgan fingerprint density at radius 2 is 1.76 bits per heavy atom. The van der Waals surface area contributed by atoms with Gasteiger partial charge in [-0.1, -0.05) is 23.4 Å². The Balaban J connectivity index is 1.54. The van der Waals surface area contributed by atoms with Crippen molar-refractivity contribution in [3.05, 3.63) is 89.0 Å². The van der Waals surface area contributed by atoms with E-state index in [-0.39, 0.29) is 16.6 Å². The fourth-order valence-electron chi connectivity index (χ4n) is 3.32. The summed E-state index contributed by atoms with van der Waals surface area (Å²) < 4.78 is 33.9. The number of thioether (sulfide) groups is 1. The average molecular weight is 500 g/mol. The predicted molar refractivity (Wildman–Crippen MR) is 129 cm³/mol. The summed E-state index contributed by atoms with van der Waals surface area (Å²) >= 11 is 7.47. The van der Waals surface area contributed by atoms with E-state index < -0.39 is 5.82 Å². The molecular formula is C25H20ClF2N3O2S. The molecule has 0 unspecified atom stereocenters. The highest BCUT2D eigenvalue weighted by molar-refractivity contribution is 7.99. The Bertz CT molecular complexity index is 1290. The lowest BCUT2D eigenvalue weighted by molar-refractivity contribution is 0.0982. The van der Waals surface area contributed by atoms with Crippen molar-refractivity contribution in [3.8, 4) is 22.8 Å². The van der Waals surface area contributed by atoms with Gasteiger partial charge in [0.1, 0.15) is 17.4 Å². The standard InChI is InChI=1S/C25H20ClF2N3O2S/c1-33-20-11-6-17(7-12-20)24-29-30-25(31(24)19-10-13-22(28)21(26)15-19)34-14-2-3-23(32)16-4-8-18(27)9-5-16/h4-13,15H,2-3,14H2,1H3. The number of halogens is 3. The number of hydrogen-bond acceptors (Lipinski definition) is 5. The zero-order chi connectivity index (χ0) is 24.1. The molecule has 9 heteroatoms. The first-order valence-electron chi connectivity index (χ1n) is 10.4. The number of carbonyl (C=O) groups excluding carboxylic acids is 1. The molecule has 0 N–H and O–H groups in total. The number of ketones is 1. The maximum Gasteiger partial charge on any atom is 0.196 e. The lowest BCUT2D eigenvalue weighted by Gasteiger charge is -2.11. The third-order valence-electron chi connectivity index (χ3n) is 5.09. The van der Waals surface area contributed by atoms with E-state index in [1.807, 2.05) is 24.3 Å². The third kappa shape index (κ3) is 5.46. The van der Waals surface area contributed by atoms with Crippen molar-refractivity contribution in [1.82, 2.24) is 14.8 Å². The van der Waals surface area contributed by atoms with E-state index in [0.29, 0.717) is 46.6 Å². The summed E-state index contributed by atoms with van der Waals surface area (Å²) in [6, 6.07) is 17.3. The molecule has 5 nitrogen and oxygen atoms in total. The molecule has 1 aromatic heterocycles. The maximum absolute atomic E-state index is 13.8. The molecule has 4 rings (SSSR count). The van der Waals surface area contributed by atoms with E-state index in [2.05, 4.69) is 10.2 Å². The second kappa shape index (κ2) is 10.8. The molecule has 34 heavy (non-hydrogen) atoms. The summed E-state index contributed by atoms with van der Waals surface area (Å²) in [5.41, 5.74) is 1.90. The Morgan fingerprint density at radius 1 is 1.03 bits per heavy atom. The van der Waals surface area contributed by atoms with E-state index in [4.69, 9.17) is 16.3 Å². The lowest BCUT2D eigenvalue weighted by atomic mass is 10.1. The maximum atomic E-state index is 13.8. The van der Waals surface area contributed by atoms with Crippen molar-refractivity contribution in [2.75, 3.05) is 12.9 Å². The Hall–Kier alpha value is -3.23. The Morgan fingerprint density at radius 3 is 2.44 bits per heavy atom. The molecule has 0 aliphatic heterocycles. The number of ether oxygens (including phenoxy) is 1. The molecule has 0 bridgehead atoms. The van der Waals surface area contributed by atoms with Crippen LogP contribution in [0.2, 0.25) is 5.02 Å². The van der Waals surface area contributed by atoms with Crippen LogP contribution >= 0.6 is 23.4 Å². The van der Waals surface area contributed by atoms with E-state index in [9.17, 15) is 13.6 Å². The van der Waals surface area contributed by atoms with Crippen molar-refractivity contribution in [2.45, 2.75) is 18.0 Å². The largest absolute Gasteiger partial charge is 0.497 e. The molecular weight excluding hydrogens is 480 g/mol. The number of aromatic nitrogens is 3. The van der Waals surface area contributed by atoms with Gasteiger partial charge >= 0.3 is 0 Å². The molecule has 1 heterocycles. The minimum atomic E-state index is -0.516. The van der Waals surface area contributed by atoms with Gasteiger partial charge in [-0.2, -0.15) is 0 Å². The van der Waals surface area contributed by atoms with Gasteiger partial charge in [0.25, 0.3) is 0 Å². The number of rotatable bonds is 9. The number of Topliss-reactive ketones (excluding diaryl/α,β-unsaturated/α-hetero) is 1. The Labute approximate surface area is 204 Å². The third-order valence-corrected chi connectivity index (χ3v) is 6.39. The quantitative estimate of drug-likeness (QED) is 0.147. The first kappa shape index (κ1) is 23.9. The molecule has 3 aromatic carbocycles. The molecule has 0 spiro atoms. The fourth-order valence-corrected chi connectivity index (χ4v) is 4.39. The lowest BCUT2D eigenvalue weighted by Crippen LogP contribution is -2.02. The van der Waals surface area contributed by atoms with Crippen LogP contribution in [0.1, 0.15) is 23.2 Å². The molecule has 4 aromatic rings. The van der Waals surface area contributed by atoms with Crippen LogP contribution in [0.3, 0.4) is 0 Å². The Kier molecular flexibility index (Phi) is 7.59. The van der Waals surface area contributed by atoms with Crippen molar-refractivity contribution >= 4 is 29.1 Å². The average Bonchev–Trinajstić information content (AvgIpc) is 3.27. The van der Waals surface area contributed by atoms with Crippen LogP contribution in [-0.2, 0) is 0 Å². The van der Waals surface area contributed by atoms with Gasteiger partial charge in [0.15, 0.2) is 16.8 Å². The zero-order valence-electron chi connectivity index (χ0n) is 18.2. The SMILES string of the molecule is COc1ccc(-c2nnc(SCCCC(=O)c3ccc(F)cc3)n2-c2ccc(F)c(Cl)c2)cc1. The van der Waals surface area contributed by atoms with Gasteiger partial charge in [0.2, 0.25) is 0 Å². The van der Waals surface area contributed by atoms with Gasteiger partial charge in [0, 0.05) is 23.3 Å². The van der Waals surface area contributed by atoms with E-state index in [0.717, 1.165) is 5.56 Å². The summed E-state index contributed by atoms with van der Waals surface area (Å²) in [6.45, 7) is 0. The summed E-state index contributed by atoms with van der Waals surface area (Å²) in [5, 5.41) is 9.26. The van der Waals surface area contributed by atoms with Gasteiger partial charge in [-0.05, 0) is 73.2 Å². The summed E-state index contributed by atoms with van der Waals surface area (Å²) in [7, 11) is 1.59. The molecule has 174 valence electrons. The van der Waals surface area contributed by atoms with Gasteiger partial charge in [0.05, 0.1) is 17.8 Å². The highest BCUT2D eigenvalue weighted by Gasteiger charge is 2.18. The van der Waals surface area contributed by atoms with Crippen LogP contribution in [0.25, 0.3) is 17.1 Å². The van der Waals surface area contributed by atoms with Crippen LogP contribution in [0, 0.1) is 11.6 Å². The highest BCUT2D eigenvalue weighted by atomic mass is 35.5. The van der Waals surface area contributed by atoms with E-state index in [1.165, 1.54) is 48.2 Å². The molecule has 0 atom stereocenters. The van der Waals surface area contributed by atoms with Crippen LogP contribution in [0.5, 0.6) is 5.75 Å². The van der Waals surface area contributed by atoms with Crippen molar-refractivity contribution in [1.29, 1.82) is 0 Å². The number of benzene rings is 3. The highest BCUT2D eigenvalue weighted by Crippen LogP contribution is 2.31. The predicted octanol–water partition coefficient (Wildman–Crippen LogP) is 6.63. The minimum absolute atomic E-state index is 0.00674. The molecule has 0 saturated heterocycles. The number of nitrogens with zero attached hydrogens (tertiary/aromatic N) is 3. The molecule has 0 aliphatic rings. The summed E-state index contributed by atoms with van der Waals surface area (Å²) in [5.74, 6) is 0.933. The first-order valence-corrected chi connectivity index (χ1v) is 11.8. The van der Waals surface area contributed by atoms with Gasteiger partial charge in [-0.3, -0.25) is 9.36 Å². The van der Waals surface area contributed by atoms with Crippen molar-refractivity contribution < 1.29 is 18.3 Å². The van der Waals surface area contributed by atoms with Crippen molar-refractivity contribution in [3.63, 3.8) is 0 Å². The van der Waals surface area contributed by atoms with E-state index in [1.54, 1.807) is 17.7 Å². The normalized spacial score (nSPS) is 10.9. The molecule has 0 aliphatic carbocycles. The van der Waals surface area contributed by atoms with Gasteiger partial charge in [-0.15, -0.1) is 10.2 Å². The minimum Gasteiger partial charge on any atom is -0.497 e. The first-order chi connectivity index (χ1) is 16.5. The number of carbonyl (C=O) groups is 1. The smallest absolute Gasteiger partial charge is 0.196 e. The fraction of sp³-hybridized carbons (Fsp3) is 0.160. The molecule has 0 fully saturated rings. The van der Waals surface area contributed by atoms with E-state index >= 15 is 0 Å². The van der Waals surface area contributed by atoms with Gasteiger partial charge in [-0.25, -0.2) is 8.78 Å². The zero-order valence-corrected chi connectivity index (χ0v) is 19.7. The topological polar surface area (TPSA) is 57.0 Å². The summed E-state index contributed by atoms with van der Waals surface area (Å²) in [4.78, 5) is 12.3. The monoisotopic (exact) mass is 499 g/mol. The van der Waals surface area contributed by atoms with Crippen molar-refractivity contribution in [2.24, 2.45) is 0 Å². The number of hydrogen-bond donors (Lipinski definition) is 0. The van der Waals surface area contributed by atoms with Crippen LogP contribution in [-0.4, -0.2) is 33.4 Å². The second-order valence-electron chi connectivity index (χ2n) is 7.35. The molecule has 0 saturated carbocycles. The van der Waals surface area contributed by atoms with Crippen LogP contribution < -0.4 is 4.74 Å². The van der Waals surface area contributed by atoms with Gasteiger partial charge < -0.3 is 4.74 Å². The molecule has 0 radical (unpaired) electrons. The second-order valence-corrected chi connectivity index (χ2v) is 8.82. The number of methoxy groups -OCH3 is 1. The van der Waals surface area contributed by atoms with Crippen LogP contribution in [0.15, 0.2) is 71.9 Å². The molecule has 0 amide bonds. The van der Waals surface area contributed by atoms with Crippen LogP contribution in [0.4, 0.5) is 8.78 Å². The summed E-state index contributed by atoms with van der Waals surface area (Å²) in [6.07, 6.45) is 0.913.